The van der Waals surface area contributed by atoms with Crippen molar-refractivity contribution in [1.82, 2.24) is 0 Å². The van der Waals surface area contributed by atoms with Crippen LogP contribution in [-0.4, -0.2) is 22.2 Å². The molecule has 0 heterocycles. The van der Waals surface area contributed by atoms with Gasteiger partial charge in [0.15, 0.2) is 5.85 Å². The van der Waals surface area contributed by atoms with E-state index < -0.39 is 12.0 Å². The van der Waals surface area contributed by atoms with Crippen LogP contribution in [0.2, 0.25) is 0 Å². The molecule has 0 aromatic heterocycles. The minimum Gasteiger partial charge on any atom is -0.387 e. The molecule has 0 aromatic carbocycles. The van der Waals surface area contributed by atoms with Crippen LogP contribution in [0.4, 0.5) is 0 Å². The first-order valence-electron chi connectivity index (χ1n) is 1.93. The predicted molar refractivity (Wildman–Crippen MR) is 25.0 cm³/mol. The fourth-order valence-corrected chi connectivity index (χ4v) is 0. The minimum absolute atomic E-state index is 1.09. The summed E-state index contributed by atoms with van der Waals surface area (Å²) in [5.41, 5.74) is 9.52. The summed E-state index contributed by atoms with van der Waals surface area (Å²) >= 11 is 0. The van der Waals surface area contributed by atoms with Gasteiger partial charge in [-0.05, 0) is 6.92 Å². The van der Waals surface area contributed by atoms with Crippen molar-refractivity contribution >= 4 is 0 Å². The molecule has 0 saturated carbocycles. The number of rotatable bonds is 1. The largest absolute Gasteiger partial charge is 0.387 e. The summed E-state index contributed by atoms with van der Waals surface area (Å²) in [7, 11) is 0. The Bertz CT molecular complexity index is 56.4. The molecule has 0 aliphatic rings. The van der Waals surface area contributed by atoms with E-state index in [1.807, 2.05) is 0 Å². The van der Waals surface area contributed by atoms with Gasteiger partial charge in [-0.1, -0.05) is 0 Å². The average molecular weight is 106 g/mol. The normalized spacial score (nSPS) is 16.7. The molecule has 0 amide bonds. The molecule has 0 aliphatic heterocycles. The highest BCUT2D eigenvalue weighted by atomic mass is 16.4. The zero-order valence-electron chi connectivity index (χ0n) is 4.13. The number of aliphatic hydroxyl groups is 2. The molecule has 44 valence electrons. The Hall–Kier alpha value is -0.160. The molecule has 7 heavy (non-hydrogen) atoms. The van der Waals surface area contributed by atoms with E-state index in [-0.39, 0.29) is 0 Å². The third-order valence-corrected chi connectivity index (χ3v) is 0.669. The Morgan fingerprint density at radius 1 is 1.57 bits per heavy atom. The number of nitrogens with two attached hydrogens (primary N) is 2. The molecule has 4 nitrogen and oxygen atoms in total. The summed E-state index contributed by atoms with van der Waals surface area (Å²) in [6, 6.07) is 0. The van der Waals surface area contributed by atoms with Crippen molar-refractivity contribution in [3.8, 4) is 0 Å². The van der Waals surface area contributed by atoms with Crippen molar-refractivity contribution in [3.05, 3.63) is 0 Å². The van der Waals surface area contributed by atoms with E-state index in [4.69, 9.17) is 21.7 Å². The Kier molecular flexibility index (Phi) is 1.71. The molecular formula is C3H10N2O2. The second-order valence-corrected chi connectivity index (χ2v) is 1.56. The standard InChI is InChI=1S/C3H10N2O2/c1-2(6)3(4,5)7/h2,6-7H,4-5H2,1H3. The second kappa shape index (κ2) is 1.75. The van der Waals surface area contributed by atoms with Crippen molar-refractivity contribution in [2.24, 2.45) is 11.5 Å². The first-order chi connectivity index (χ1) is 2.94. The highest BCUT2D eigenvalue weighted by molar-refractivity contribution is 4.66. The lowest BCUT2D eigenvalue weighted by molar-refractivity contribution is -0.0566. The van der Waals surface area contributed by atoms with Crippen LogP contribution < -0.4 is 11.5 Å². The van der Waals surface area contributed by atoms with Crippen LogP contribution in [0.5, 0.6) is 0 Å². The summed E-state index contributed by atoms with van der Waals surface area (Å²) in [6.45, 7) is 1.31. The zero-order chi connectivity index (χ0) is 6.08. The van der Waals surface area contributed by atoms with E-state index in [0.717, 1.165) is 0 Å². The van der Waals surface area contributed by atoms with Crippen molar-refractivity contribution in [2.45, 2.75) is 18.9 Å². The van der Waals surface area contributed by atoms with Crippen LogP contribution in [0.25, 0.3) is 0 Å². The van der Waals surface area contributed by atoms with Gasteiger partial charge in [0.25, 0.3) is 0 Å². The third kappa shape index (κ3) is 2.52. The average Bonchev–Trinajstić information content (AvgIpc) is 1.31. The maximum absolute atomic E-state index is 8.40. The Morgan fingerprint density at radius 2 is 1.71 bits per heavy atom. The van der Waals surface area contributed by atoms with Gasteiger partial charge in [-0.25, -0.2) is 0 Å². The molecule has 1 atom stereocenters. The molecule has 0 fully saturated rings. The summed E-state index contributed by atoms with van der Waals surface area (Å²) in [4.78, 5) is 0. The van der Waals surface area contributed by atoms with Crippen LogP contribution >= 0.6 is 0 Å². The molecule has 6 N–H and O–H groups in total. The summed E-state index contributed by atoms with van der Waals surface area (Å²) < 4.78 is 0. The molecule has 0 aromatic rings. The maximum atomic E-state index is 8.40. The Balaban J connectivity index is 3.54. The van der Waals surface area contributed by atoms with E-state index in [1.54, 1.807) is 0 Å². The Morgan fingerprint density at radius 3 is 1.71 bits per heavy atom. The van der Waals surface area contributed by atoms with Gasteiger partial charge >= 0.3 is 0 Å². The lowest BCUT2D eigenvalue weighted by Crippen LogP contribution is -2.57. The predicted octanol–water partition coefficient (Wildman–Crippen LogP) is -2.07. The summed E-state index contributed by atoms with van der Waals surface area (Å²) in [5, 5.41) is 16.8. The lowest BCUT2D eigenvalue weighted by Gasteiger charge is -2.19. The van der Waals surface area contributed by atoms with Crippen molar-refractivity contribution in [1.29, 1.82) is 0 Å². The first kappa shape index (κ1) is 6.84. The van der Waals surface area contributed by atoms with Gasteiger partial charge in [-0.3, -0.25) is 11.5 Å². The minimum atomic E-state index is -1.94. The van der Waals surface area contributed by atoms with Gasteiger partial charge in [0.1, 0.15) is 6.10 Å². The molecule has 0 saturated heterocycles. The fraction of sp³-hybridized carbons (Fsp3) is 1.00. The monoisotopic (exact) mass is 106 g/mol. The van der Waals surface area contributed by atoms with Crippen molar-refractivity contribution in [2.75, 3.05) is 0 Å². The number of hydrogen-bond donors (Lipinski definition) is 4. The van der Waals surface area contributed by atoms with E-state index >= 15 is 0 Å². The summed E-state index contributed by atoms with van der Waals surface area (Å²) in [5.74, 6) is -1.94. The van der Waals surface area contributed by atoms with E-state index in [0.29, 0.717) is 0 Å². The van der Waals surface area contributed by atoms with Gasteiger partial charge < -0.3 is 10.2 Å². The molecule has 0 aliphatic carbocycles. The van der Waals surface area contributed by atoms with Gasteiger partial charge in [-0.15, -0.1) is 0 Å². The topological polar surface area (TPSA) is 92.5 Å². The molecule has 4 heteroatoms. The van der Waals surface area contributed by atoms with Gasteiger partial charge in [-0.2, -0.15) is 0 Å². The Labute approximate surface area is 41.7 Å². The van der Waals surface area contributed by atoms with E-state index in [9.17, 15) is 0 Å². The van der Waals surface area contributed by atoms with Crippen LogP contribution in [0.3, 0.4) is 0 Å². The van der Waals surface area contributed by atoms with Gasteiger partial charge in [0.05, 0.1) is 0 Å². The van der Waals surface area contributed by atoms with Crippen LogP contribution in [0, 0.1) is 0 Å². The van der Waals surface area contributed by atoms with Crippen molar-refractivity contribution in [3.63, 3.8) is 0 Å². The first-order valence-corrected chi connectivity index (χ1v) is 1.93. The summed E-state index contributed by atoms with van der Waals surface area (Å²) in [6.07, 6.45) is -1.09. The fourth-order valence-electron chi connectivity index (χ4n) is 0. The SMILES string of the molecule is CC(O)C(N)(N)O. The second-order valence-electron chi connectivity index (χ2n) is 1.56. The number of hydrogen-bond acceptors (Lipinski definition) is 4. The van der Waals surface area contributed by atoms with Crippen LogP contribution in [0.15, 0.2) is 0 Å². The third-order valence-electron chi connectivity index (χ3n) is 0.669. The quantitative estimate of drug-likeness (QED) is 0.289. The van der Waals surface area contributed by atoms with Crippen molar-refractivity contribution < 1.29 is 10.2 Å². The molecular weight excluding hydrogens is 96.0 g/mol. The van der Waals surface area contributed by atoms with Gasteiger partial charge in [0.2, 0.25) is 0 Å². The zero-order valence-corrected chi connectivity index (χ0v) is 4.13. The molecule has 0 radical (unpaired) electrons. The lowest BCUT2D eigenvalue weighted by atomic mass is 10.3. The van der Waals surface area contributed by atoms with Crippen LogP contribution in [-0.2, 0) is 0 Å². The highest BCUT2D eigenvalue weighted by Crippen LogP contribution is 1.89. The molecule has 0 bridgehead atoms. The highest BCUT2D eigenvalue weighted by Gasteiger charge is 2.19. The molecule has 0 spiro atoms. The van der Waals surface area contributed by atoms with Gasteiger partial charge in [0, 0.05) is 0 Å². The molecule has 0 rings (SSSR count). The van der Waals surface area contributed by atoms with E-state index in [2.05, 4.69) is 0 Å². The number of aliphatic hydroxyl groups excluding tert-OH is 1. The van der Waals surface area contributed by atoms with Crippen LogP contribution in [0.1, 0.15) is 6.92 Å². The smallest absolute Gasteiger partial charge is 0.193 e. The maximum Gasteiger partial charge on any atom is 0.193 e. The molecule has 1 unspecified atom stereocenters. The van der Waals surface area contributed by atoms with E-state index in [1.165, 1.54) is 6.92 Å².